The molecule has 3 aromatic carbocycles. The van der Waals surface area contributed by atoms with Gasteiger partial charge in [0.05, 0.1) is 27.9 Å². The van der Waals surface area contributed by atoms with Gasteiger partial charge in [0.25, 0.3) is 11.5 Å². The molecule has 0 saturated heterocycles. The highest BCUT2D eigenvalue weighted by atomic mass is 16.4. The summed E-state index contributed by atoms with van der Waals surface area (Å²) in [5.41, 5.74) is 10.5. The van der Waals surface area contributed by atoms with Gasteiger partial charge in [-0.1, -0.05) is 30.3 Å². The van der Waals surface area contributed by atoms with E-state index < -0.39 is 17.7 Å². The molecule has 2 aliphatic heterocycles. The molecule has 178 valence electrons. The molecule has 9 heteroatoms. The Hall–Kier alpha value is -4.79. The number of aliphatic imine (C=N–C) groups is 1. The number of nitrogens with zero attached hydrogens (tertiary/aromatic N) is 4. The number of fused-ring (bicyclic) bond motifs is 1. The predicted octanol–water partition coefficient (Wildman–Crippen LogP) is 2.92. The van der Waals surface area contributed by atoms with E-state index in [9.17, 15) is 19.5 Å². The number of aryl methyl sites for hydroxylation is 1. The van der Waals surface area contributed by atoms with Gasteiger partial charge in [0.2, 0.25) is 6.17 Å². The molecular weight excluding hydrogens is 458 g/mol. The summed E-state index contributed by atoms with van der Waals surface area (Å²) in [6, 6.07) is 17.3. The van der Waals surface area contributed by atoms with E-state index in [2.05, 4.69) is 4.98 Å². The number of rotatable bonds is 3. The molecule has 0 bridgehead atoms. The van der Waals surface area contributed by atoms with Crippen LogP contribution in [0.25, 0.3) is 10.9 Å². The third-order valence-electron chi connectivity index (χ3n) is 6.70. The van der Waals surface area contributed by atoms with Gasteiger partial charge in [0.15, 0.2) is 0 Å². The van der Waals surface area contributed by atoms with Crippen molar-refractivity contribution in [2.45, 2.75) is 19.5 Å². The van der Waals surface area contributed by atoms with Crippen LogP contribution in [0.15, 0.2) is 70.5 Å². The van der Waals surface area contributed by atoms with Crippen LogP contribution in [0, 0.1) is 6.92 Å². The summed E-state index contributed by atoms with van der Waals surface area (Å²) >= 11 is 0. The number of aromatic nitrogens is 2. The molecule has 0 spiro atoms. The van der Waals surface area contributed by atoms with E-state index in [1.165, 1.54) is 22.8 Å². The Morgan fingerprint density at radius 2 is 1.86 bits per heavy atom. The van der Waals surface area contributed by atoms with Gasteiger partial charge in [-0.3, -0.25) is 14.2 Å². The second-order valence-corrected chi connectivity index (χ2v) is 8.90. The molecule has 1 amide bonds. The average Bonchev–Trinajstić information content (AvgIpc) is 3.24. The Morgan fingerprint density at radius 3 is 2.61 bits per heavy atom. The maximum Gasteiger partial charge on any atom is 0.335 e. The Balaban J connectivity index is 1.63. The molecule has 0 fully saturated rings. The standard InChI is InChI=1S/C27H21N5O4/c1-14-29-21-12-17(27(35)36)7-8-19(21)25(33)32(14)24-26(34)31-10-9-16-11-18(28)13-20(23(16)31)22(30-24)15-5-3-2-4-6-15/h2-8,11-13,24H,9-10,28H2,1H3,(H,35,36)/t24-/m0/s1. The van der Waals surface area contributed by atoms with Gasteiger partial charge in [-0.2, -0.15) is 0 Å². The summed E-state index contributed by atoms with van der Waals surface area (Å²) in [5, 5.41) is 9.53. The fourth-order valence-corrected chi connectivity index (χ4v) is 5.09. The predicted molar refractivity (Wildman–Crippen MR) is 136 cm³/mol. The molecule has 6 rings (SSSR count). The SMILES string of the molecule is Cc1nc2cc(C(=O)O)ccc2c(=O)n1[C@@H]1N=C(c2ccccc2)c2cc(N)cc3c2N(CC3)C1=O. The number of carboxylic acids is 1. The van der Waals surface area contributed by atoms with Crippen LogP contribution in [-0.2, 0) is 11.2 Å². The highest BCUT2D eigenvalue weighted by Crippen LogP contribution is 2.39. The van der Waals surface area contributed by atoms with Crippen molar-refractivity contribution in [3.63, 3.8) is 0 Å². The molecule has 1 aromatic heterocycles. The van der Waals surface area contributed by atoms with Gasteiger partial charge in [0.1, 0.15) is 5.82 Å². The number of carboxylic acid groups (broad SMARTS) is 1. The van der Waals surface area contributed by atoms with Crippen molar-refractivity contribution in [2.75, 3.05) is 17.2 Å². The minimum atomic E-state index is -1.19. The molecule has 0 saturated carbocycles. The third kappa shape index (κ3) is 3.20. The van der Waals surface area contributed by atoms with Crippen LogP contribution < -0.4 is 16.2 Å². The average molecular weight is 479 g/mol. The van der Waals surface area contributed by atoms with Gasteiger partial charge >= 0.3 is 5.97 Å². The van der Waals surface area contributed by atoms with Crippen LogP contribution in [0.4, 0.5) is 11.4 Å². The first-order valence-electron chi connectivity index (χ1n) is 11.5. The molecular formula is C27H21N5O4. The van der Waals surface area contributed by atoms with Crippen molar-refractivity contribution < 1.29 is 14.7 Å². The molecule has 2 aliphatic rings. The van der Waals surface area contributed by atoms with Gasteiger partial charge in [-0.25, -0.2) is 14.8 Å². The van der Waals surface area contributed by atoms with E-state index in [1.807, 2.05) is 42.5 Å². The fourth-order valence-electron chi connectivity index (χ4n) is 5.09. The lowest BCUT2D eigenvalue weighted by atomic mass is 9.97. The number of hydrogen-bond acceptors (Lipinski definition) is 6. The number of benzene rings is 3. The Morgan fingerprint density at radius 1 is 1.08 bits per heavy atom. The van der Waals surface area contributed by atoms with E-state index in [0.29, 0.717) is 24.4 Å². The smallest absolute Gasteiger partial charge is 0.335 e. The zero-order valence-electron chi connectivity index (χ0n) is 19.3. The topological polar surface area (TPSA) is 131 Å². The number of amides is 1. The Kier molecular flexibility index (Phi) is 4.75. The summed E-state index contributed by atoms with van der Waals surface area (Å²) in [5.74, 6) is -1.19. The van der Waals surface area contributed by atoms with Gasteiger partial charge < -0.3 is 15.7 Å². The van der Waals surface area contributed by atoms with Crippen LogP contribution in [0.2, 0.25) is 0 Å². The number of carbonyl (C=O) groups excluding carboxylic acids is 1. The van der Waals surface area contributed by atoms with E-state index >= 15 is 0 Å². The molecule has 36 heavy (non-hydrogen) atoms. The molecule has 3 N–H and O–H groups in total. The van der Waals surface area contributed by atoms with Crippen LogP contribution >= 0.6 is 0 Å². The first kappa shape index (κ1) is 21.7. The molecule has 1 atom stereocenters. The van der Waals surface area contributed by atoms with Crippen molar-refractivity contribution >= 4 is 39.9 Å². The maximum absolute atomic E-state index is 13.9. The van der Waals surface area contributed by atoms with Crippen molar-refractivity contribution in [1.82, 2.24) is 9.55 Å². The van der Waals surface area contributed by atoms with Crippen molar-refractivity contribution in [3.05, 3.63) is 99.1 Å². The van der Waals surface area contributed by atoms with Gasteiger partial charge in [-0.15, -0.1) is 0 Å². The summed E-state index contributed by atoms with van der Waals surface area (Å²) in [4.78, 5) is 50.1. The zero-order valence-corrected chi connectivity index (χ0v) is 19.3. The number of anilines is 2. The monoisotopic (exact) mass is 479 g/mol. The maximum atomic E-state index is 13.9. The molecule has 0 unspecified atom stereocenters. The summed E-state index contributed by atoms with van der Waals surface area (Å²) in [6.07, 6.45) is -0.543. The lowest BCUT2D eigenvalue weighted by Crippen LogP contribution is -2.39. The third-order valence-corrected chi connectivity index (χ3v) is 6.70. The van der Waals surface area contributed by atoms with Crippen molar-refractivity contribution in [3.8, 4) is 0 Å². The quantitative estimate of drug-likeness (QED) is 0.435. The number of nitrogen functional groups attached to an aromatic ring is 1. The van der Waals surface area contributed by atoms with Gasteiger partial charge in [0, 0.05) is 23.4 Å². The summed E-state index contributed by atoms with van der Waals surface area (Å²) < 4.78 is 1.29. The largest absolute Gasteiger partial charge is 0.478 e. The van der Waals surface area contributed by atoms with Crippen LogP contribution in [0.5, 0.6) is 0 Å². The normalized spacial score (nSPS) is 16.6. The van der Waals surface area contributed by atoms with Crippen molar-refractivity contribution in [1.29, 1.82) is 0 Å². The van der Waals surface area contributed by atoms with E-state index in [0.717, 1.165) is 22.4 Å². The second kappa shape index (κ2) is 7.88. The lowest BCUT2D eigenvalue weighted by molar-refractivity contribution is -0.121. The summed E-state index contributed by atoms with van der Waals surface area (Å²) in [6.45, 7) is 2.07. The van der Waals surface area contributed by atoms with Gasteiger partial charge in [-0.05, 0) is 49.2 Å². The first-order chi connectivity index (χ1) is 17.3. The van der Waals surface area contributed by atoms with E-state index in [1.54, 1.807) is 11.8 Å². The molecule has 4 aromatic rings. The van der Waals surface area contributed by atoms with E-state index in [-0.39, 0.29) is 28.2 Å². The molecule has 0 aliphatic carbocycles. The minimum Gasteiger partial charge on any atom is -0.478 e. The fraction of sp³-hybridized carbons (Fsp3) is 0.148. The Labute approximate surface area is 205 Å². The number of aromatic carboxylic acids is 1. The molecule has 9 nitrogen and oxygen atoms in total. The zero-order chi connectivity index (χ0) is 25.1. The number of carbonyl (C=O) groups is 2. The van der Waals surface area contributed by atoms with Crippen LogP contribution in [0.3, 0.4) is 0 Å². The highest BCUT2D eigenvalue weighted by molar-refractivity contribution is 6.21. The second-order valence-electron chi connectivity index (χ2n) is 8.90. The number of nitrogens with two attached hydrogens (primary N) is 1. The molecule has 3 heterocycles. The minimum absolute atomic E-state index is 0.0270. The lowest BCUT2D eigenvalue weighted by Gasteiger charge is -2.23. The summed E-state index contributed by atoms with van der Waals surface area (Å²) in [7, 11) is 0. The Bertz CT molecular complexity index is 1690. The molecule has 0 radical (unpaired) electrons. The highest BCUT2D eigenvalue weighted by Gasteiger charge is 2.38. The number of hydrogen-bond donors (Lipinski definition) is 2. The first-order valence-corrected chi connectivity index (χ1v) is 11.5. The van der Waals surface area contributed by atoms with Crippen LogP contribution in [-0.4, -0.2) is 38.8 Å². The van der Waals surface area contributed by atoms with Crippen molar-refractivity contribution in [2.24, 2.45) is 4.99 Å². The van der Waals surface area contributed by atoms with E-state index in [4.69, 9.17) is 10.7 Å². The van der Waals surface area contributed by atoms with Crippen LogP contribution in [0.1, 0.15) is 39.0 Å².